The van der Waals surface area contributed by atoms with Crippen molar-refractivity contribution in [2.24, 2.45) is 0 Å². The summed E-state index contributed by atoms with van der Waals surface area (Å²) in [5.74, 6) is 0.697. The van der Waals surface area contributed by atoms with Crippen LogP contribution in [0.15, 0.2) is 60.0 Å². The molecule has 1 heterocycles. The average Bonchev–Trinajstić information content (AvgIpc) is 3.30. The van der Waals surface area contributed by atoms with Crippen LogP contribution in [0.5, 0.6) is 5.75 Å². The normalized spacial score (nSPS) is 12.3. The second-order valence-electron chi connectivity index (χ2n) is 7.03. The van der Waals surface area contributed by atoms with Crippen LogP contribution < -0.4 is 4.74 Å². The Morgan fingerprint density at radius 2 is 1.87 bits per heavy atom. The van der Waals surface area contributed by atoms with Gasteiger partial charge in [-0.2, -0.15) is 0 Å². The Bertz CT molecular complexity index is 943. The Labute approximate surface area is 186 Å². The van der Waals surface area contributed by atoms with Gasteiger partial charge in [0.25, 0.3) is 0 Å². The van der Waals surface area contributed by atoms with Gasteiger partial charge in [-0.15, -0.1) is 11.3 Å². The molecule has 0 aliphatic heterocycles. The van der Waals surface area contributed by atoms with E-state index < -0.39 is 0 Å². The molecule has 0 aliphatic carbocycles. The quantitative estimate of drug-likeness (QED) is 0.308. The number of carbonyl (C=O) groups excluding carboxylic acids is 1. The smallest absolute Gasteiger partial charge is 0.248 e. The molecule has 0 spiro atoms. The van der Waals surface area contributed by atoms with Gasteiger partial charge in [-0.3, -0.25) is 10.0 Å². The van der Waals surface area contributed by atoms with Crippen LogP contribution in [-0.2, 0) is 14.4 Å². The average molecular weight is 444 g/mol. The lowest BCUT2D eigenvalue weighted by Crippen LogP contribution is -2.32. The van der Waals surface area contributed by atoms with Gasteiger partial charge in [-0.25, -0.2) is 0 Å². The fraction of sp³-hybridized carbons (Fsp3) is 0.348. The van der Waals surface area contributed by atoms with Crippen molar-refractivity contribution in [1.82, 2.24) is 10.1 Å². The molecular weight excluding hydrogens is 416 g/mol. The van der Waals surface area contributed by atoms with Crippen LogP contribution in [0.3, 0.4) is 0 Å². The molecule has 0 N–H and O–H groups in total. The Kier molecular flexibility index (Phi) is 8.81. The number of benzene rings is 2. The van der Waals surface area contributed by atoms with Gasteiger partial charge in [-0.1, -0.05) is 42.5 Å². The Balaban J connectivity index is 1.57. The summed E-state index contributed by atoms with van der Waals surface area (Å²) in [6, 6.07) is 18.2. The molecule has 0 radical (unpaired) electrons. The summed E-state index contributed by atoms with van der Waals surface area (Å²) in [5, 5.41) is 15.2. The summed E-state index contributed by atoms with van der Waals surface area (Å²) in [5.41, 5.74) is 0. The lowest BCUT2D eigenvalue weighted by Gasteiger charge is -2.23. The summed E-state index contributed by atoms with van der Waals surface area (Å²) < 4.78 is 11.7. The number of rotatable bonds is 12. The van der Waals surface area contributed by atoms with Crippen molar-refractivity contribution in [3.8, 4) is 5.75 Å². The Hall–Kier alpha value is -2.49. The van der Waals surface area contributed by atoms with E-state index in [0.717, 1.165) is 21.4 Å². The predicted octanol–water partition coefficient (Wildman–Crippen LogP) is 4.25. The minimum Gasteiger partial charge on any atom is -0.762 e. The molecule has 3 aromatic rings. The van der Waals surface area contributed by atoms with Crippen molar-refractivity contribution in [3.05, 3.63) is 70.1 Å². The largest absolute Gasteiger partial charge is 0.762 e. The number of amides is 1. The van der Waals surface area contributed by atoms with Gasteiger partial charge in [0, 0.05) is 30.3 Å². The molecule has 31 heavy (non-hydrogen) atoms. The van der Waals surface area contributed by atoms with E-state index in [1.807, 2.05) is 35.7 Å². The summed E-state index contributed by atoms with van der Waals surface area (Å²) >= 11 is 1.64. The molecular formula is C23H27N2O5S-. The zero-order valence-corrected chi connectivity index (χ0v) is 18.5. The molecule has 0 unspecified atom stereocenters. The van der Waals surface area contributed by atoms with E-state index in [2.05, 4.69) is 24.3 Å². The number of nitrogens with zero attached hydrogens (tertiary/aromatic N) is 2. The van der Waals surface area contributed by atoms with Gasteiger partial charge < -0.3 is 24.4 Å². The van der Waals surface area contributed by atoms with Crippen LogP contribution in [0.1, 0.15) is 17.4 Å². The fourth-order valence-electron chi connectivity index (χ4n) is 3.12. The Morgan fingerprint density at radius 1 is 1.06 bits per heavy atom. The number of hydrogen-bond acceptors (Lipinski definition) is 7. The number of carbonyl (C=O) groups is 1. The third-order valence-corrected chi connectivity index (χ3v) is 5.72. The number of thiophene rings is 1. The van der Waals surface area contributed by atoms with Crippen molar-refractivity contribution in [2.45, 2.75) is 12.5 Å². The zero-order valence-electron chi connectivity index (χ0n) is 17.7. The molecule has 0 saturated carbocycles. The summed E-state index contributed by atoms with van der Waals surface area (Å²) in [7, 11) is 3.00. The van der Waals surface area contributed by atoms with E-state index in [4.69, 9.17) is 14.3 Å². The first-order chi connectivity index (χ1) is 15.0. The standard InChI is InChI=1S/C23H27N2O5S/c1-24(23(26)17-28-14-15-29-25(2)27)13-12-21(22-11-6-16-31-22)30-20-10-5-8-18-7-3-4-9-19(18)20/h3-11,16,21H,12-15,17H2,1-2H3/q-1/t21-/m0/s1. The van der Waals surface area contributed by atoms with E-state index in [9.17, 15) is 10.0 Å². The van der Waals surface area contributed by atoms with Gasteiger partial charge in [-0.05, 0) is 29.9 Å². The number of fused-ring (bicyclic) bond motifs is 1. The van der Waals surface area contributed by atoms with Crippen LogP contribution in [-0.4, -0.2) is 56.5 Å². The minimum atomic E-state index is -0.164. The lowest BCUT2D eigenvalue weighted by atomic mass is 10.1. The SMILES string of the molecule is CN([O-])OCCOCC(=O)N(C)CC[C@H](Oc1cccc2ccccc12)c1cccs1. The highest BCUT2D eigenvalue weighted by Crippen LogP contribution is 2.32. The van der Waals surface area contributed by atoms with Crippen molar-refractivity contribution in [1.29, 1.82) is 0 Å². The predicted molar refractivity (Wildman–Crippen MR) is 122 cm³/mol. The molecule has 2 aromatic carbocycles. The maximum Gasteiger partial charge on any atom is 0.248 e. The third kappa shape index (κ3) is 7.02. The van der Waals surface area contributed by atoms with Gasteiger partial charge in [0.15, 0.2) is 0 Å². The third-order valence-electron chi connectivity index (χ3n) is 4.76. The molecule has 1 atom stereocenters. The van der Waals surface area contributed by atoms with Gasteiger partial charge >= 0.3 is 0 Å². The summed E-state index contributed by atoms with van der Waals surface area (Å²) in [6.45, 7) is 0.746. The summed E-state index contributed by atoms with van der Waals surface area (Å²) in [6.07, 6.45) is 0.485. The van der Waals surface area contributed by atoms with E-state index in [1.165, 1.54) is 7.05 Å². The molecule has 1 aromatic heterocycles. The maximum atomic E-state index is 12.3. The minimum absolute atomic E-state index is 0.0592. The molecule has 0 bridgehead atoms. The molecule has 0 fully saturated rings. The lowest BCUT2D eigenvalue weighted by molar-refractivity contribution is -0.140. The van der Waals surface area contributed by atoms with Crippen LogP contribution >= 0.6 is 11.3 Å². The topological polar surface area (TPSA) is 74.3 Å². The fourth-order valence-corrected chi connectivity index (χ4v) is 3.90. The van der Waals surface area contributed by atoms with Crippen LogP contribution in [0.2, 0.25) is 0 Å². The van der Waals surface area contributed by atoms with Gasteiger partial charge in [0.05, 0.1) is 13.2 Å². The van der Waals surface area contributed by atoms with Crippen molar-refractivity contribution < 1.29 is 19.1 Å². The molecule has 7 nitrogen and oxygen atoms in total. The highest BCUT2D eigenvalue weighted by Gasteiger charge is 2.18. The van der Waals surface area contributed by atoms with E-state index in [1.54, 1.807) is 23.3 Å². The molecule has 0 aliphatic rings. The molecule has 8 heteroatoms. The second kappa shape index (κ2) is 11.8. The number of hydrogen-bond donors (Lipinski definition) is 0. The summed E-state index contributed by atoms with van der Waals surface area (Å²) in [4.78, 5) is 19.8. The van der Waals surface area contributed by atoms with Crippen molar-refractivity contribution >= 4 is 28.0 Å². The first kappa shape index (κ1) is 23.2. The highest BCUT2D eigenvalue weighted by molar-refractivity contribution is 7.10. The van der Waals surface area contributed by atoms with E-state index >= 15 is 0 Å². The molecule has 3 rings (SSSR count). The first-order valence-corrected chi connectivity index (χ1v) is 11.0. The van der Waals surface area contributed by atoms with Crippen molar-refractivity contribution in [2.75, 3.05) is 40.5 Å². The maximum absolute atomic E-state index is 12.3. The molecule has 1 amide bonds. The van der Waals surface area contributed by atoms with Crippen LogP contribution in [0, 0.1) is 5.21 Å². The second-order valence-corrected chi connectivity index (χ2v) is 8.01. The molecule has 0 saturated heterocycles. The monoisotopic (exact) mass is 443 g/mol. The Morgan fingerprint density at radius 3 is 2.65 bits per heavy atom. The molecule has 166 valence electrons. The first-order valence-electron chi connectivity index (χ1n) is 10.1. The highest BCUT2D eigenvalue weighted by atomic mass is 32.1. The number of ether oxygens (including phenoxy) is 2. The van der Waals surface area contributed by atoms with Crippen LogP contribution in [0.4, 0.5) is 0 Å². The van der Waals surface area contributed by atoms with Gasteiger partial charge in [0.2, 0.25) is 5.91 Å². The van der Waals surface area contributed by atoms with Gasteiger partial charge in [0.1, 0.15) is 18.5 Å². The van der Waals surface area contributed by atoms with E-state index in [0.29, 0.717) is 18.2 Å². The van der Waals surface area contributed by atoms with Crippen LogP contribution in [0.25, 0.3) is 10.8 Å². The van der Waals surface area contributed by atoms with E-state index in [-0.39, 0.29) is 31.8 Å². The zero-order chi connectivity index (χ0) is 22.1. The number of hydroxylamine groups is 2. The number of likely N-dealkylation sites (N-methyl/N-ethyl adjacent to an activating group) is 1. The van der Waals surface area contributed by atoms with Crippen molar-refractivity contribution in [3.63, 3.8) is 0 Å².